The zero-order valence-corrected chi connectivity index (χ0v) is 17.5. The van der Waals surface area contributed by atoms with Gasteiger partial charge in [-0.1, -0.05) is 41.7 Å². The van der Waals surface area contributed by atoms with Crippen LogP contribution in [0, 0.1) is 0 Å². The van der Waals surface area contributed by atoms with Crippen molar-refractivity contribution in [3.63, 3.8) is 0 Å². The van der Waals surface area contributed by atoms with E-state index in [9.17, 15) is 18.0 Å². The zero-order chi connectivity index (χ0) is 20.9. The molecule has 0 heterocycles. The largest absolute Gasteiger partial charge is 0.452 e. The summed E-state index contributed by atoms with van der Waals surface area (Å²) in [7, 11) is -3.62. The first kappa shape index (κ1) is 22.4. The molecule has 0 aliphatic heterocycles. The molecular weight excluding hydrogens is 451 g/mol. The molecule has 0 atom stereocenters. The number of rotatable bonds is 7. The van der Waals surface area contributed by atoms with E-state index in [0.29, 0.717) is 0 Å². The van der Waals surface area contributed by atoms with Crippen LogP contribution in [-0.4, -0.2) is 33.4 Å². The second kappa shape index (κ2) is 9.58. The van der Waals surface area contributed by atoms with E-state index in [-0.39, 0.29) is 37.8 Å². The number of amides is 1. The van der Waals surface area contributed by atoms with Gasteiger partial charge in [-0.15, -0.1) is 0 Å². The maximum atomic E-state index is 12.0. The fourth-order valence-corrected chi connectivity index (χ4v) is 3.70. The third kappa shape index (κ3) is 5.83. The third-order valence-corrected chi connectivity index (χ3v) is 5.95. The lowest BCUT2D eigenvalue weighted by Crippen LogP contribution is -2.23. The van der Waals surface area contributed by atoms with Crippen molar-refractivity contribution in [1.29, 1.82) is 0 Å². The number of halogens is 3. The van der Waals surface area contributed by atoms with E-state index in [0.717, 1.165) is 0 Å². The summed E-state index contributed by atoms with van der Waals surface area (Å²) < 4.78 is 31.0. The Morgan fingerprint density at radius 1 is 1.00 bits per heavy atom. The molecule has 0 saturated carbocycles. The second-order valence-corrected chi connectivity index (χ2v) is 8.38. The van der Waals surface area contributed by atoms with Gasteiger partial charge in [-0.25, -0.2) is 17.9 Å². The Morgan fingerprint density at radius 3 is 2.21 bits per heavy atom. The molecule has 0 fully saturated rings. The number of carbonyl (C=O) groups excluding carboxylic acids is 2. The van der Waals surface area contributed by atoms with E-state index in [4.69, 9.17) is 39.5 Å². The Balaban J connectivity index is 1.96. The highest BCUT2D eigenvalue weighted by molar-refractivity contribution is 7.89. The monoisotopic (exact) mass is 464 g/mol. The van der Waals surface area contributed by atoms with Crippen LogP contribution in [0.5, 0.6) is 0 Å². The van der Waals surface area contributed by atoms with Gasteiger partial charge in [-0.2, -0.15) is 0 Å². The van der Waals surface area contributed by atoms with Crippen molar-refractivity contribution in [2.45, 2.75) is 11.8 Å². The summed E-state index contributed by atoms with van der Waals surface area (Å²) in [6.45, 7) is 1.32. The molecule has 0 aliphatic carbocycles. The molecule has 2 rings (SSSR count). The fourth-order valence-electron chi connectivity index (χ4n) is 2.06. The molecular formula is C17H15Cl3N2O5S. The van der Waals surface area contributed by atoms with E-state index < -0.39 is 28.5 Å². The van der Waals surface area contributed by atoms with Gasteiger partial charge in [-0.05, 0) is 36.4 Å². The summed E-state index contributed by atoms with van der Waals surface area (Å²) in [6, 6.07) is 7.86. The lowest BCUT2D eigenvalue weighted by molar-refractivity contribution is -0.119. The Morgan fingerprint density at radius 2 is 1.61 bits per heavy atom. The Kier molecular flexibility index (Phi) is 7.68. The molecule has 0 saturated heterocycles. The standard InChI is InChI=1S/C17H15Cl3N2O5S/c1-2-21-28(25,26)11-5-3-10(4-6-11)17(24)27-9-16(23)22-15-8-13(19)12(18)7-14(15)20/h3-8,21H,2,9H2,1H3,(H,22,23). The van der Waals surface area contributed by atoms with Crippen LogP contribution < -0.4 is 10.0 Å². The molecule has 2 N–H and O–H groups in total. The lowest BCUT2D eigenvalue weighted by atomic mass is 10.2. The average molecular weight is 466 g/mol. The Bertz CT molecular complexity index is 995. The molecule has 0 spiro atoms. The molecule has 150 valence electrons. The van der Waals surface area contributed by atoms with Crippen LogP contribution in [0.4, 0.5) is 5.69 Å². The smallest absolute Gasteiger partial charge is 0.338 e. The summed E-state index contributed by atoms with van der Waals surface area (Å²) in [5.74, 6) is -1.43. The molecule has 0 unspecified atom stereocenters. The van der Waals surface area contributed by atoms with Crippen LogP contribution in [0.1, 0.15) is 17.3 Å². The number of esters is 1. The number of anilines is 1. The number of hydrogen-bond donors (Lipinski definition) is 2. The second-order valence-electron chi connectivity index (χ2n) is 5.40. The number of sulfonamides is 1. The molecule has 1 amide bonds. The van der Waals surface area contributed by atoms with Gasteiger partial charge in [0, 0.05) is 6.54 Å². The molecule has 11 heteroatoms. The molecule has 7 nitrogen and oxygen atoms in total. The molecule has 2 aromatic carbocycles. The van der Waals surface area contributed by atoms with Crippen LogP contribution in [-0.2, 0) is 19.6 Å². The number of ether oxygens (including phenoxy) is 1. The van der Waals surface area contributed by atoms with E-state index >= 15 is 0 Å². The minimum atomic E-state index is -3.62. The lowest BCUT2D eigenvalue weighted by Gasteiger charge is -2.10. The predicted molar refractivity (Wildman–Crippen MR) is 108 cm³/mol. The van der Waals surface area contributed by atoms with Gasteiger partial charge in [0.05, 0.1) is 31.2 Å². The van der Waals surface area contributed by atoms with Gasteiger partial charge in [0.1, 0.15) is 0 Å². The van der Waals surface area contributed by atoms with Gasteiger partial charge in [0.15, 0.2) is 6.61 Å². The zero-order valence-electron chi connectivity index (χ0n) is 14.5. The Labute approximate surface area is 177 Å². The first-order valence-corrected chi connectivity index (χ1v) is 10.5. The number of benzene rings is 2. The van der Waals surface area contributed by atoms with E-state index in [1.165, 1.54) is 36.4 Å². The Hall–Kier alpha value is -1.84. The van der Waals surface area contributed by atoms with Crippen molar-refractivity contribution in [2.75, 3.05) is 18.5 Å². The molecule has 0 aliphatic rings. The van der Waals surface area contributed by atoms with Gasteiger partial charge < -0.3 is 10.1 Å². The van der Waals surface area contributed by atoms with Gasteiger partial charge in [-0.3, -0.25) is 4.79 Å². The number of hydrogen-bond acceptors (Lipinski definition) is 5. The van der Waals surface area contributed by atoms with Crippen LogP contribution in [0.2, 0.25) is 15.1 Å². The van der Waals surface area contributed by atoms with E-state index in [1.807, 2.05) is 0 Å². The SMILES string of the molecule is CCNS(=O)(=O)c1ccc(C(=O)OCC(=O)Nc2cc(Cl)c(Cl)cc2Cl)cc1. The first-order chi connectivity index (χ1) is 13.1. The van der Waals surface area contributed by atoms with E-state index in [2.05, 4.69) is 10.0 Å². The minimum absolute atomic E-state index is 0.0119. The van der Waals surface area contributed by atoms with Crippen molar-refractivity contribution in [3.05, 3.63) is 57.0 Å². The van der Waals surface area contributed by atoms with Crippen LogP contribution in [0.25, 0.3) is 0 Å². The highest BCUT2D eigenvalue weighted by Gasteiger charge is 2.16. The summed E-state index contributed by atoms with van der Waals surface area (Å²) >= 11 is 17.6. The summed E-state index contributed by atoms with van der Waals surface area (Å²) in [5.41, 5.74) is 0.311. The topological polar surface area (TPSA) is 102 Å². The predicted octanol–water partition coefficient (Wildman–Crippen LogP) is 3.74. The maximum Gasteiger partial charge on any atom is 0.338 e. The quantitative estimate of drug-likeness (QED) is 0.479. The first-order valence-electron chi connectivity index (χ1n) is 7.85. The van der Waals surface area contributed by atoms with Gasteiger partial charge in [0.2, 0.25) is 10.0 Å². The van der Waals surface area contributed by atoms with Crippen LogP contribution >= 0.6 is 34.8 Å². The van der Waals surface area contributed by atoms with Crippen LogP contribution in [0.15, 0.2) is 41.3 Å². The van der Waals surface area contributed by atoms with Crippen molar-refractivity contribution in [2.24, 2.45) is 0 Å². The maximum absolute atomic E-state index is 12.0. The van der Waals surface area contributed by atoms with Crippen molar-refractivity contribution in [3.8, 4) is 0 Å². The van der Waals surface area contributed by atoms with Crippen LogP contribution in [0.3, 0.4) is 0 Å². The fraction of sp³-hybridized carbons (Fsp3) is 0.176. The molecule has 28 heavy (non-hydrogen) atoms. The van der Waals surface area contributed by atoms with Crippen molar-refractivity contribution < 1.29 is 22.7 Å². The minimum Gasteiger partial charge on any atom is -0.452 e. The highest BCUT2D eigenvalue weighted by Crippen LogP contribution is 2.32. The van der Waals surface area contributed by atoms with Gasteiger partial charge >= 0.3 is 5.97 Å². The van der Waals surface area contributed by atoms with E-state index in [1.54, 1.807) is 6.92 Å². The third-order valence-electron chi connectivity index (χ3n) is 3.35. The van der Waals surface area contributed by atoms with Crippen molar-refractivity contribution >= 4 is 62.4 Å². The molecule has 0 bridgehead atoms. The summed E-state index contributed by atoms with van der Waals surface area (Å²) in [6.07, 6.45) is 0. The molecule has 0 aromatic heterocycles. The normalized spacial score (nSPS) is 11.1. The number of nitrogens with one attached hydrogen (secondary N) is 2. The highest BCUT2D eigenvalue weighted by atomic mass is 35.5. The van der Waals surface area contributed by atoms with Crippen molar-refractivity contribution in [1.82, 2.24) is 4.72 Å². The summed E-state index contributed by atoms with van der Waals surface area (Å²) in [5, 5.41) is 3.05. The summed E-state index contributed by atoms with van der Waals surface area (Å²) in [4.78, 5) is 24.0. The van der Waals surface area contributed by atoms with Gasteiger partial charge in [0.25, 0.3) is 5.91 Å². The number of carbonyl (C=O) groups is 2. The molecule has 2 aromatic rings. The molecule has 0 radical (unpaired) electrons. The average Bonchev–Trinajstić information content (AvgIpc) is 2.64.